The van der Waals surface area contributed by atoms with Gasteiger partial charge in [0.2, 0.25) is 0 Å². The Labute approximate surface area is 105 Å². The van der Waals surface area contributed by atoms with Crippen LogP contribution in [0.1, 0.15) is 22.7 Å². The molecule has 0 aromatic heterocycles. The maximum absolute atomic E-state index is 9.67. The lowest BCUT2D eigenvalue weighted by Gasteiger charge is -2.13. The van der Waals surface area contributed by atoms with Crippen molar-refractivity contribution in [1.82, 2.24) is 5.32 Å². The molecule has 0 bridgehead atoms. The second-order valence-corrected chi connectivity index (χ2v) is 3.97. The van der Waals surface area contributed by atoms with E-state index in [4.69, 9.17) is 10.8 Å². The second kappa shape index (κ2) is 6.50. The molecule has 18 heavy (non-hydrogen) atoms. The van der Waals surface area contributed by atoms with Gasteiger partial charge in [-0.3, -0.25) is 5.32 Å². The number of hydrogen-bond acceptors (Lipinski definition) is 4. The fourth-order valence-electron chi connectivity index (χ4n) is 1.70. The van der Waals surface area contributed by atoms with Gasteiger partial charge in [0.25, 0.3) is 0 Å². The minimum Gasteiger partial charge on any atom is -0.507 e. The molecule has 0 aliphatic rings. The van der Waals surface area contributed by atoms with Gasteiger partial charge in [-0.15, -0.1) is 0 Å². The van der Waals surface area contributed by atoms with Crippen molar-refractivity contribution in [3.05, 3.63) is 39.3 Å². The number of nitriles is 1. The number of aromatic hydroxyl groups is 1. The average Bonchev–Trinajstić information content (AvgIpc) is 2.35. The molecule has 1 aromatic carbocycles. The number of nitrogens with one attached hydrogen (secondary N) is 1. The van der Waals surface area contributed by atoms with E-state index in [1.54, 1.807) is 26.0 Å². The number of hydrogen-bond donors (Lipinski definition) is 2. The van der Waals surface area contributed by atoms with Crippen LogP contribution in [0.25, 0.3) is 10.4 Å². The SMILES string of the molecule is Cc1cc(C(C#N)NCCN=[N+]=[N-])cc(C)c1O. The Bertz CT molecular complexity index is 491. The molecule has 1 atom stereocenters. The van der Waals surface area contributed by atoms with E-state index in [1.807, 2.05) is 0 Å². The first kappa shape index (κ1) is 13.8. The minimum absolute atomic E-state index is 0.254. The molecule has 0 saturated carbocycles. The van der Waals surface area contributed by atoms with Gasteiger partial charge in [-0.1, -0.05) is 5.11 Å². The molecule has 0 spiro atoms. The molecule has 1 unspecified atom stereocenters. The van der Waals surface area contributed by atoms with Crippen molar-refractivity contribution in [2.75, 3.05) is 13.1 Å². The summed E-state index contributed by atoms with van der Waals surface area (Å²) >= 11 is 0. The fourth-order valence-corrected chi connectivity index (χ4v) is 1.70. The normalized spacial score (nSPS) is 11.4. The summed E-state index contributed by atoms with van der Waals surface area (Å²) in [7, 11) is 0. The average molecular weight is 245 g/mol. The first-order chi connectivity index (χ1) is 8.60. The molecular formula is C12H15N5O. The van der Waals surface area contributed by atoms with Crippen molar-refractivity contribution in [3.63, 3.8) is 0 Å². The summed E-state index contributed by atoms with van der Waals surface area (Å²) in [6.07, 6.45) is 0. The lowest BCUT2D eigenvalue weighted by Crippen LogP contribution is -2.22. The van der Waals surface area contributed by atoms with Gasteiger partial charge in [-0.2, -0.15) is 5.26 Å². The topological polar surface area (TPSA) is 105 Å². The standard InChI is InChI=1S/C12H15N5O/c1-8-5-10(6-9(2)12(8)18)11(7-13)15-3-4-16-17-14/h5-6,11,15,18H,3-4H2,1-2H3. The predicted octanol–water partition coefficient (Wildman–Crippen LogP) is 2.47. The highest BCUT2D eigenvalue weighted by atomic mass is 16.3. The molecule has 2 N–H and O–H groups in total. The summed E-state index contributed by atoms with van der Waals surface area (Å²) in [5.41, 5.74) is 10.4. The van der Waals surface area contributed by atoms with E-state index < -0.39 is 6.04 Å². The summed E-state index contributed by atoms with van der Waals surface area (Å²) in [6.45, 7) is 4.31. The number of phenols is 1. The number of aryl methyl sites for hydroxylation is 2. The maximum atomic E-state index is 9.67. The van der Waals surface area contributed by atoms with Crippen molar-refractivity contribution in [3.8, 4) is 11.8 Å². The number of benzene rings is 1. The van der Waals surface area contributed by atoms with Crippen LogP contribution in [0.4, 0.5) is 0 Å². The van der Waals surface area contributed by atoms with Gasteiger partial charge in [-0.25, -0.2) is 0 Å². The van der Waals surface area contributed by atoms with E-state index in [0.717, 1.165) is 16.7 Å². The van der Waals surface area contributed by atoms with Crippen LogP contribution in [0.5, 0.6) is 5.75 Å². The summed E-state index contributed by atoms with van der Waals surface area (Å²) in [4.78, 5) is 2.64. The van der Waals surface area contributed by atoms with Crippen LogP contribution in [0, 0.1) is 25.2 Å². The Balaban J connectivity index is 2.83. The number of azide groups is 1. The lowest BCUT2D eigenvalue weighted by atomic mass is 10.0. The zero-order chi connectivity index (χ0) is 13.5. The highest BCUT2D eigenvalue weighted by Gasteiger charge is 2.12. The summed E-state index contributed by atoms with van der Waals surface area (Å²) in [5, 5.41) is 25.2. The fraction of sp³-hybridized carbons (Fsp3) is 0.417. The van der Waals surface area contributed by atoms with Crippen LogP contribution >= 0.6 is 0 Å². The van der Waals surface area contributed by atoms with Gasteiger partial charge in [0.1, 0.15) is 11.8 Å². The molecule has 0 radical (unpaired) electrons. The Morgan fingerprint density at radius 2 is 2.11 bits per heavy atom. The van der Waals surface area contributed by atoms with Crippen LogP contribution in [-0.2, 0) is 0 Å². The molecule has 0 amide bonds. The second-order valence-electron chi connectivity index (χ2n) is 3.97. The quantitative estimate of drug-likeness (QED) is 0.360. The molecule has 0 aliphatic carbocycles. The van der Waals surface area contributed by atoms with E-state index in [1.165, 1.54) is 0 Å². The number of rotatable bonds is 5. The van der Waals surface area contributed by atoms with Crippen molar-refractivity contribution in [2.24, 2.45) is 5.11 Å². The molecular weight excluding hydrogens is 230 g/mol. The summed E-state index contributed by atoms with van der Waals surface area (Å²) in [5.74, 6) is 0.254. The Hall–Kier alpha value is -2.22. The van der Waals surface area contributed by atoms with Crippen LogP contribution in [0.3, 0.4) is 0 Å². The highest BCUT2D eigenvalue weighted by molar-refractivity contribution is 5.44. The van der Waals surface area contributed by atoms with Gasteiger partial charge in [-0.05, 0) is 48.2 Å². The molecule has 6 heteroatoms. The van der Waals surface area contributed by atoms with Crippen molar-refractivity contribution in [2.45, 2.75) is 19.9 Å². The van der Waals surface area contributed by atoms with E-state index in [9.17, 15) is 5.11 Å². The van der Waals surface area contributed by atoms with E-state index in [2.05, 4.69) is 21.4 Å². The van der Waals surface area contributed by atoms with Crippen LogP contribution in [0.15, 0.2) is 17.2 Å². The van der Waals surface area contributed by atoms with Crippen LogP contribution < -0.4 is 5.32 Å². The maximum Gasteiger partial charge on any atom is 0.121 e. The van der Waals surface area contributed by atoms with Crippen molar-refractivity contribution >= 4 is 0 Å². The molecule has 0 saturated heterocycles. The van der Waals surface area contributed by atoms with Crippen molar-refractivity contribution < 1.29 is 5.11 Å². The van der Waals surface area contributed by atoms with E-state index >= 15 is 0 Å². The third kappa shape index (κ3) is 3.39. The molecule has 0 fully saturated rings. The Morgan fingerprint density at radius 3 is 2.61 bits per heavy atom. The molecule has 1 aromatic rings. The van der Waals surface area contributed by atoms with Gasteiger partial charge >= 0.3 is 0 Å². The van der Waals surface area contributed by atoms with Gasteiger partial charge in [0, 0.05) is 18.0 Å². The molecule has 6 nitrogen and oxygen atoms in total. The smallest absolute Gasteiger partial charge is 0.121 e. The molecule has 0 heterocycles. The molecule has 0 aliphatic heterocycles. The van der Waals surface area contributed by atoms with Gasteiger partial charge in [0.15, 0.2) is 0 Å². The van der Waals surface area contributed by atoms with Crippen LogP contribution in [0.2, 0.25) is 0 Å². The third-order valence-corrected chi connectivity index (χ3v) is 2.60. The monoisotopic (exact) mass is 245 g/mol. The lowest BCUT2D eigenvalue weighted by molar-refractivity contribution is 0.466. The van der Waals surface area contributed by atoms with E-state index in [-0.39, 0.29) is 5.75 Å². The molecule has 1 rings (SSSR count). The summed E-state index contributed by atoms with van der Waals surface area (Å²) < 4.78 is 0. The van der Waals surface area contributed by atoms with Crippen molar-refractivity contribution in [1.29, 1.82) is 5.26 Å². The zero-order valence-corrected chi connectivity index (χ0v) is 10.4. The van der Waals surface area contributed by atoms with E-state index in [0.29, 0.717) is 13.1 Å². The zero-order valence-electron chi connectivity index (χ0n) is 10.4. The largest absolute Gasteiger partial charge is 0.507 e. The first-order valence-corrected chi connectivity index (χ1v) is 5.54. The van der Waals surface area contributed by atoms with Gasteiger partial charge < -0.3 is 5.11 Å². The number of phenolic OH excluding ortho intramolecular Hbond substituents is 1. The molecule has 94 valence electrons. The number of nitrogens with zero attached hydrogens (tertiary/aromatic N) is 4. The predicted molar refractivity (Wildman–Crippen MR) is 68.0 cm³/mol. The Kier molecular flexibility index (Phi) is 5.00. The highest BCUT2D eigenvalue weighted by Crippen LogP contribution is 2.25. The Morgan fingerprint density at radius 1 is 1.50 bits per heavy atom. The summed E-state index contributed by atoms with van der Waals surface area (Å²) in [6, 6.07) is 5.22. The minimum atomic E-state index is -0.475. The van der Waals surface area contributed by atoms with Gasteiger partial charge in [0.05, 0.1) is 6.07 Å². The van der Waals surface area contributed by atoms with Crippen LogP contribution in [-0.4, -0.2) is 18.2 Å². The third-order valence-electron chi connectivity index (χ3n) is 2.60. The first-order valence-electron chi connectivity index (χ1n) is 5.54.